The molecule has 0 aliphatic rings. The van der Waals surface area contributed by atoms with Gasteiger partial charge in [-0.05, 0) is 6.42 Å². The summed E-state index contributed by atoms with van der Waals surface area (Å²) in [6.45, 7) is 2.12. The van der Waals surface area contributed by atoms with Crippen molar-refractivity contribution in [2.75, 3.05) is 0 Å². The second kappa shape index (κ2) is 9.20. The maximum absolute atomic E-state index is 12.0. The van der Waals surface area contributed by atoms with Crippen molar-refractivity contribution in [3.8, 4) is 0 Å². The summed E-state index contributed by atoms with van der Waals surface area (Å²) in [6, 6.07) is 0. The second-order valence-electron chi connectivity index (χ2n) is 4.70. The molecule has 0 aromatic heterocycles. The highest BCUT2D eigenvalue weighted by molar-refractivity contribution is 7.90. The molecule has 0 aliphatic carbocycles. The van der Waals surface area contributed by atoms with Crippen LogP contribution in [0.25, 0.3) is 0 Å². The number of sulfonamides is 1. The molecule has 0 rings (SSSR count). The molecule has 1 amide bonds. The summed E-state index contributed by atoms with van der Waals surface area (Å²) in [5.41, 5.74) is -5.44. The molecule has 0 heterocycles. The van der Waals surface area contributed by atoms with E-state index in [1.54, 1.807) is 0 Å². The van der Waals surface area contributed by atoms with E-state index in [2.05, 4.69) is 6.92 Å². The van der Waals surface area contributed by atoms with Crippen molar-refractivity contribution in [3.05, 3.63) is 0 Å². The molecule has 120 valence electrons. The van der Waals surface area contributed by atoms with E-state index >= 15 is 0 Å². The van der Waals surface area contributed by atoms with Crippen LogP contribution in [0.15, 0.2) is 0 Å². The summed E-state index contributed by atoms with van der Waals surface area (Å²) in [5.74, 6) is -1.10. The lowest BCUT2D eigenvalue weighted by molar-refractivity contribution is -0.120. The molecular weight excluding hydrogens is 295 g/mol. The molecule has 4 nitrogen and oxygen atoms in total. The number of carbonyl (C=O) groups is 1. The summed E-state index contributed by atoms with van der Waals surface area (Å²) in [7, 11) is -5.55. The Labute approximate surface area is 118 Å². The van der Waals surface area contributed by atoms with E-state index in [1.807, 2.05) is 0 Å². The first-order valence-corrected chi connectivity index (χ1v) is 8.31. The van der Waals surface area contributed by atoms with E-state index in [-0.39, 0.29) is 6.42 Å². The number of carbonyl (C=O) groups excluding carboxylic acids is 1. The Bertz CT molecular complexity index is 380. The third-order valence-electron chi connectivity index (χ3n) is 2.81. The molecule has 0 saturated heterocycles. The minimum atomic E-state index is -5.55. The summed E-state index contributed by atoms with van der Waals surface area (Å²) in [4.78, 5) is 11.1. The molecule has 8 heteroatoms. The molecular formula is C12H22F3NO3S. The summed E-state index contributed by atoms with van der Waals surface area (Å²) in [5, 5.41) is 0. The van der Waals surface area contributed by atoms with Gasteiger partial charge in [-0.3, -0.25) is 4.79 Å². The van der Waals surface area contributed by atoms with Crippen LogP contribution < -0.4 is 4.72 Å². The molecule has 0 spiro atoms. The highest BCUT2D eigenvalue weighted by atomic mass is 32.2. The van der Waals surface area contributed by atoms with E-state index < -0.39 is 21.4 Å². The number of hydrogen-bond acceptors (Lipinski definition) is 3. The fourth-order valence-corrected chi connectivity index (χ4v) is 2.20. The molecule has 0 aromatic rings. The van der Waals surface area contributed by atoms with Crippen molar-refractivity contribution in [2.45, 2.75) is 70.2 Å². The third kappa shape index (κ3) is 8.39. The van der Waals surface area contributed by atoms with E-state index in [4.69, 9.17) is 0 Å². The molecule has 20 heavy (non-hydrogen) atoms. The number of nitrogens with one attached hydrogen (secondary N) is 1. The predicted octanol–water partition coefficient (Wildman–Crippen LogP) is 3.48. The highest BCUT2D eigenvalue weighted by Crippen LogP contribution is 2.21. The largest absolute Gasteiger partial charge is 0.516 e. The van der Waals surface area contributed by atoms with Crippen molar-refractivity contribution >= 4 is 15.9 Å². The number of unbranched alkanes of at least 4 members (excludes halogenated alkanes) is 7. The molecule has 0 unspecified atom stereocenters. The van der Waals surface area contributed by atoms with Gasteiger partial charge in [0.15, 0.2) is 0 Å². The molecule has 0 aromatic carbocycles. The Hall–Kier alpha value is -0.790. The van der Waals surface area contributed by atoms with Crippen LogP contribution in [0.2, 0.25) is 0 Å². The highest BCUT2D eigenvalue weighted by Gasteiger charge is 2.46. The Morgan fingerprint density at radius 1 is 0.950 bits per heavy atom. The van der Waals surface area contributed by atoms with Crippen molar-refractivity contribution < 1.29 is 26.4 Å². The van der Waals surface area contributed by atoms with E-state index in [1.165, 1.54) is 12.8 Å². The first kappa shape index (κ1) is 19.2. The lowest BCUT2D eigenvalue weighted by Gasteiger charge is -2.09. The quantitative estimate of drug-likeness (QED) is 0.627. The number of hydrogen-bond donors (Lipinski definition) is 1. The minimum absolute atomic E-state index is 0.204. The van der Waals surface area contributed by atoms with Crippen LogP contribution in [0.3, 0.4) is 0 Å². The Kier molecular flexibility index (Phi) is 8.84. The van der Waals surface area contributed by atoms with Crippen molar-refractivity contribution in [1.82, 2.24) is 4.72 Å². The third-order valence-corrected chi connectivity index (χ3v) is 3.92. The number of amides is 1. The first-order chi connectivity index (χ1) is 9.20. The normalized spacial score (nSPS) is 12.4. The van der Waals surface area contributed by atoms with Gasteiger partial charge in [0.2, 0.25) is 5.91 Å². The van der Waals surface area contributed by atoms with Gasteiger partial charge in [0.1, 0.15) is 0 Å². The van der Waals surface area contributed by atoms with Crippen LogP contribution in [-0.4, -0.2) is 19.8 Å². The van der Waals surface area contributed by atoms with Gasteiger partial charge < -0.3 is 0 Å². The Morgan fingerprint density at radius 3 is 1.85 bits per heavy atom. The van der Waals surface area contributed by atoms with Gasteiger partial charge >= 0.3 is 15.5 Å². The second-order valence-corrected chi connectivity index (χ2v) is 6.37. The smallest absolute Gasteiger partial charge is 0.274 e. The van der Waals surface area contributed by atoms with Gasteiger partial charge in [0, 0.05) is 6.42 Å². The number of halogens is 3. The lowest BCUT2D eigenvalue weighted by Crippen LogP contribution is -2.40. The van der Waals surface area contributed by atoms with Crippen molar-refractivity contribution in [3.63, 3.8) is 0 Å². The van der Waals surface area contributed by atoms with Gasteiger partial charge in [0.25, 0.3) is 0 Å². The zero-order valence-corrected chi connectivity index (χ0v) is 12.4. The van der Waals surface area contributed by atoms with Crippen LogP contribution in [-0.2, 0) is 14.8 Å². The molecule has 0 saturated carbocycles. The average Bonchev–Trinajstić information content (AvgIpc) is 2.30. The topological polar surface area (TPSA) is 63.2 Å². The lowest BCUT2D eigenvalue weighted by atomic mass is 10.1. The van der Waals surface area contributed by atoms with Crippen LogP contribution >= 0.6 is 0 Å². The maximum atomic E-state index is 12.0. The number of rotatable bonds is 10. The Balaban J connectivity index is 3.70. The van der Waals surface area contributed by atoms with Crippen molar-refractivity contribution in [1.29, 1.82) is 0 Å². The van der Waals surface area contributed by atoms with Gasteiger partial charge in [-0.15, -0.1) is 0 Å². The van der Waals surface area contributed by atoms with Crippen LogP contribution in [0.4, 0.5) is 13.2 Å². The fourth-order valence-electron chi connectivity index (χ4n) is 1.68. The first-order valence-electron chi connectivity index (χ1n) is 6.82. The maximum Gasteiger partial charge on any atom is 0.516 e. The standard InChI is InChI=1S/C12H22F3NO3S/c1-2-3-4-5-6-7-8-9-10-11(17)16-20(18,19)12(13,14)15/h2-10H2,1H3,(H,16,17). The summed E-state index contributed by atoms with van der Waals surface area (Å²) < 4.78 is 58.3. The van der Waals surface area contributed by atoms with Crippen molar-refractivity contribution in [2.24, 2.45) is 0 Å². The zero-order chi connectivity index (χ0) is 15.6. The summed E-state index contributed by atoms with van der Waals surface area (Å²) >= 11 is 0. The number of alkyl halides is 3. The SMILES string of the molecule is CCCCCCCCCCC(=O)NS(=O)(=O)C(F)(F)F. The zero-order valence-electron chi connectivity index (χ0n) is 11.6. The monoisotopic (exact) mass is 317 g/mol. The van der Waals surface area contributed by atoms with E-state index in [9.17, 15) is 26.4 Å². The van der Waals surface area contributed by atoms with Crippen LogP contribution in [0.5, 0.6) is 0 Å². The van der Waals surface area contributed by atoms with Gasteiger partial charge in [0.05, 0.1) is 0 Å². The van der Waals surface area contributed by atoms with Gasteiger partial charge in [-0.25, -0.2) is 4.72 Å². The van der Waals surface area contributed by atoms with Crippen LogP contribution in [0, 0.1) is 0 Å². The minimum Gasteiger partial charge on any atom is -0.274 e. The predicted molar refractivity (Wildman–Crippen MR) is 70.3 cm³/mol. The molecule has 0 aliphatic heterocycles. The van der Waals surface area contributed by atoms with Gasteiger partial charge in [-0.2, -0.15) is 21.6 Å². The molecule has 0 radical (unpaired) electrons. The van der Waals surface area contributed by atoms with E-state index in [0.717, 1.165) is 30.4 Å². The van der Waals surface area contributed by atoms with Gasteiger partial charge in [-0.1, -0.05) is 51.9 Å². The molecule has 0 fully saturated rings. The Morgan fingerprint density at radius 2 is 1.40 bits per heavy atom. The fraction of sp³-hybridized carbons (Fsp3) is 0.917. The van der Waals surface area contributed by atoms with Crippen LogP contribution in [0.1, 0.15) is 64.7 Å². The molecule has 0 bridgehead atoms. The summed E-state index contributed by atoms with van der Waals surface area (Å²) in [6.07, 6.45) is 7.48. The molecule has 1 N–H and O–H groups in total. The average molecular weight is 317 g/mol. The molecule has 0 atom stereocenters. The van der Waals surface area contributed by atoms with E-state index in [0.29, 0.717) is 12.8 Å².